The Morgan fingerprint density at radius 2 is 1.92 bits per heavy atom. The van der Waals surface area contributed by atoms with Gasteiger partial charge in [0.1, 0.15) is 0 Å². The minimum absolute atomic E-state index is 0.757. The van der Waals surface area contributed by atoms with E-state index >= 15 is 0 Å². The van der Waals surface area contributed by atoms with Gasteiger partial charge in [0.05, 0.1) is 5.69 Å². The van der Waals surface area contributed by atoms with Gasteiger partial charge in [0.25, 0.3) is 0 Å². The van der Waals surface area contributed by atoms with Crippen molar-refractivity contribution >= 4 is 0 Å². The van der Waals surface area contributed by atoms with Crippen molar-refractivity contribution in [2.45, 2.75) is 19.5 Å². The van der Waals surface area contributed by atoms with Gasteiger partial charge in [-0.3, -0.25) is 9.88 Å². The first-order valence-electron chi connectivity index (χ1n) is 7.93. The number of pyridine rings is 2. The molecule has 1 aliphatic rings. The molecule has 6 nitrogen and oxygen atoms in total. The maximum absolute atomic E-state index is 11.1. The van der Waals surface area contributed by atoms with Crippen molar-refractivity contribution in [3.8, 4) is 11.4 Å². The van der Waals surface area contributed by atoms with Crippen LogP contribution in [0.1, 0.15) is 16.8 Å². The van der Waals surface area contributed by atoms with Crippen LogP contribution in [0.15, 0.2) is 55.2 Å². The highest BCUT2D eigenvalue weighted by atomic mass is 16.5. The lowest BCUT2D eigenvalue weighted by molar-refractivity contribution is -0.605. The van der Waals surface area contributed by atoms with Crippen molar-refractivity contribution in [1.29, 1.82) is 0 Å². The number of rotatable bonds is 3. The summed E-state index contributed by atoms with van der Waals surface area (Å²) in [7, 11) is 0. The zero-order valence-corrected chi connectivity index (χ0v) is 13.2. The van der Waals surface area contributed by atoms with Gasteiger partial charge in [-0.05, 0) is 17.7 Å². The molecular weight excluding hydrogens is 302 g/mol. The van der Waals surface area contributed by atoms with E-state index in [0.717, 1.165) is 53.4 Å². The normalized spacial score (nSPS) is 14.3. The number of hydrogen-bond donors (Lipinski definition) is 0. The fraction of sp³-hybridized carbons (Fsp3) is 0.222. The van der Waals surface area contributed by atoms with Crippen LogP contribution in [0.4, 0.5) is 0 Å². The van der Waals surface area contributed by atoms with Crippen LogP contribution in [0.2, 0.25) is 0 Å². The van der Waals surface area contributed by atoms with Crippen molar-refractivity contribution < 1.29 is 4.73 Å². The highest BCUT2D eigenvalue weighted by Gasteiger charge is 2.19. The van der Waals surface area contributed by atoms with Crippen LogP contribution in [-0.4, -0.2) is 26.4 Å². The van der Waals surface area contributed by atoms with E-state index in [0.29, 0.717) is 0 Å². The predicted octanol–water partition coefficient (Wildman–Crippen LogP) is 1.73. The van der Waals surface area contributed by atoms with Gasteiger partial charge in [-0.1, -0.05) is 0 Å². The first kappa shape index (κ1) is 14.7. The Hall–Kier alpha value is -2.86. The lowest BCUT2D eigenvalue weighted by Gasteiger charge is -2.27. The van der Waals surface area contributed by atoms with Crippen molar-refractivity contribution in [2.75, 3.05) is 6.54 Å². The molecule has 120 valence electrons. The summed E-state index contributed by atoms with van der Waals surface area (Å²) < 4.78 is 0.809. The average Bonchev–Trinajstić information content (AvgIpc) is 2.64. The first-order chi connectivity index (χ1) is 11.8. The second kappa shape index (κ2) is 6.33. The Labute approximate surface area is 140 Å². The van der Waals surface area contributed by atoms with Crippen LogP contribution in [0, 0.1) is 5.21 Å². The van der Waals surface area contributed by atoms with Crippen LogP contribution < -0.4 is 4.73 Å². The molecular formula is C18H17N5O. The van der Waals surface area contributed by atoms with Gasteiger partial charge in [0.2, 0.25) is 0 Å². The average molecular weight is 319 g/mol. The fourth-order valence-electron chi connectivity index (χ4n) is 2.96. The molecule has 0 radical (unpaired) electrons. The number of fused-ring (bicyclic) bond motifs is 1. The minimum Gasteiger partial charge on any atom is -0.619 e. The van der Waals surface area contributed by atoms with E-state index in [1.165, 1.54) is 18.0 Å². The first-order valence-corrected chi connectivity index (χ1v) is 7.93. The molecule has 3 aromatic rings. The van der Waals surface area contributed by atoms with Crippen molar-refractivity contribution in [3.05, 3.63) is 77.3 Å². The molecule has 0 aromatic carbocycles. The van der Waals surface area contributed by atoms with E-state index in [1.807, 2.05) is 30.5 Å². The quantitative estimate of drug-likeness (QED) is 0.543. The second-order valence-corrected chi connectivity index (χ2v) is 5.93. The van der Waals surface area contributed by atoms with E-state index < -0.39 is 0 Å². The van der Waals surface area contributed by atoms with Crippen LogP contribution in [-0.2, 0) is 19.5 Å². The monoisotopic (exact) mass is 319 g/mol. The Kier molecular flexibility index (Phi) is 3.88. The van der Waals surface area contributed by atoms with E-state index in [9.17, 15) is 5.21 Å². The summed E-state index contributed by atoms with van der Waals surface area (Å²) in [5, 5.41) is 11.1. The second-order valence-electron chi connectivity index (χ2n) is 5.93. The molecule has 0 aliphatic carbocycles. The van der Waals surface area contributed by atoms with E-state index in [-0.39, 0.29) is 0 Å². The summed E-state index contributed by atoms with van der Waals surface area (Å²) in [5.41, 5.74) is 4.43. The Bertz CT molecular complexity index is 836. The smallest absolute Gasteiger partial charge is 0.180 e. The summed E-state index contributed by atoms with van der Waals surface area (Å²) in [6, 6.07) is 7.58. The predicted molar refractivity (Wildman–Crippen MR) is 88.5 cm³/mol. The van der Waals surface area contributed by atoms with Crippen LogP contribution in [0.5, 0.6) is 0 Å². The highest BCUT2D eigenvalue weighted by Crippen LogP contribution is 2.21. The molecule has 0 N–H and O–H groups in total. The molecule has 0 atom stereocenters. The molecule has 0 saturated heterocycles. The summed E-state index contributed by atoms with van der Waals surface area (Å²) in [4.78, 5) is 15.6. The van der Waals surface area contributed by atoms with Crippen molar-refractivity contribution in [3.63, 3.8) is 0 Å². The zero-order chi connectivity index (χ0) is 16.4. The van der Waals surface area contributed by atoms with Gasteiger partial charge in [-0.2, -0.15) is 4.73 Å². The molecule has 3 aromatic heterocycles. The standard InChI is InChI=1S/C18H17N5O/c24-23-9-3-14(4-10-23)12-22-8-5-17-16(13-22)11-20-18(21-17)15-1-6-19-7-2-15/h1-4,6-7,9-11H,5,8,12-13H2. The van der Waals surface area contributed by atoms with E-state index in [4.69, 9.17) is 4.98 Å². The van der Waals surface area contributed by atoms with Crippen molar-refractivity contribution in [2.24, 2.45) is 0 Å². The molecule has 4 heterocycles. The van der Waals surface area contributed by atoms with Gasteiger partial charge in [0.15, 0.2) is 18.2 Å². The molecule has 0 spiro atoms. The highest BCUT2D eigenvalue weighted by molar-refractivity contribution is 5.54. The Morgan fingerprint density at radius 3 is 2.71 bits per heavy atom. The summed E-state index contributed by atoms with van der Waals surface area (Å²) >= 11 is 0. The summed E-state index contributed by atoms with van der Waals surface area (Å²) in [5.74, 6) is 0.757. The molecule has 1 aliphatic heterocycles. The lowest BCUT2D eigenvalue weighted by atomic mass is 10.1. The molecule has 4 rings (SSSR count). The van der Waals surface area contributed by atoms with Crippen LogP contribution in [0.25, 0.3) is 11.4 Å². The largest absolute Gasteiger partial charge is 0.619 e. The van der Waals surface area contributed by atoms with Gasteiger partial charge < -0.3 is 5.21 Å². The van der Waals surface area contributed by atoms with Gasteiger partial charge in [-0.25, -0.2) is 9.97 Å². The third kappa shape index (κ3) is 3.09. The number of hydrogen-bond acceptors (Lipinski definition) is 5. The zero-order valence-electron chi connectivity index (χ0n) is 13.2. The fourth-order valence-corrected chi connectivity index (χ4v) is 2.96. The van der Waals surface area contributed by atoms with Crippen LogP contribution >= 0.6 is 0 Å². The number of aromatic nitrogens is 4. The summed E-state index contributed by atoms with van der Waals surface area (Å²) in [6.45, 7) is 2.61. The Morgan fingerprint density at radius 1 is 1.12 bits per heavy atom. The van der Waals surface area contributed by atoms with Gasteiger partial charge in [0, 0.05) is 67.9 Å². The Balaban J connectivity index is 1.50. The molecule has 6 heteroatoms. The molecule has 0 fully saturated rings. The third-order valence-electron chi connectivity index (χ3n) is 4.23. The van der Waals surface area contributed by atoms with E-state index in [2.05, 4.69) is 14.9 Å². The molecule has 0 amide bonds. The van der Waals surface area contributed by atoms with Gasteiger partial charge >= 0.3 is 0 Å². The summed E-state index contributed by atoms with van der Waals surface area (Å²) in [6.07, 6.45) is 9.43. The SMILES string of the molecule is [O-][n+]1ccc(CN2CCc3nc(-c4ccncc4)ncc3C2)cc1. The topological polar surface area (TPSA) is 68.8 Å². The minimum atomic E-state index is 0.757. The molecule has 24 heavy (non-hydrogen) atoms. The molecule has 0 unspecified atom stereocenters. The van der Waals surface area contributed by atoms with Crippen molar-refractivity contribution in [1.82, 2.24) is 19.9 Å². The van der Waals surface area contributed by atoms with E-state index in [1.54, 1.807) is 12.4 Å². The van der Waals surface area contributed by atoms with Crippen LogP contribution in [0.3, 0.4) is 0 Å². The maximum atomic E-state index is 11.1. The molecule has 0 saturated carbocycles. The maximum Gasteiger partial charge on any atom is 0.180 e. The van der Waals surface area contributed by atoms with Gasteiger partial charge in [-0.15, -0.1) is 0 Å². The lowest BCUT2D eigenvalue weighted by Crippen LogP contribution is -2.31. The molecule has 0 bridgehead atoms. The number of nitrogens with zero attached hydrogens (tertiary/aromatic N) is 5. The third-order valence-corrected chi connectivity index (χ3v) is 4.23.